The van der Waals surface area contributed by atoms with Gasteiger partial charge in [0.05, 0.1) is 27.8 Å². The van der Waals surface area contributed by atoms with Crippen LogP contribution in [0.25, 0.3) is 55.6 Å². The molecule has 0 atom stereocenters. The van der Waals surface area contributed by atoms with E-state index in [4.69, 9.17) is 4.98 Å². The van der Waals surface area contributed by atoms with Gasteiger partial charge in [-0.25, -0.2) is 4.98 Å². The monoisotopic (exact) mass is 777 g/mol. The van der Waals surface area contributed by atoms with E-state index >= 15 is 0 Å². The van der Waals surface area contributed by atoms with Gasteiger partial charge in [-0.2, -0.15) is 0 Å². The SMILES string of the molecule is c1ccc(-c2nc3cccc4c3n2-c2cc(-n3c5ccccc5c5ccccc53)cc3c2B4c2ccc(N(c4ccccc4)c4ccccc4)cc2N3c2ccccc2)cc1. The topological polar surface area (TPSA) is 29.2 Å². The number of rotatable bonds is 6. The smallest absolute Gasteiger partial charge is 0.252 e. The fourth-order valence-electron chi connectivity index (χ4n) is 10.2. The summed E-state index contributed by atoms with van der Waals surface area (Å²) in [5.41, 5.74) is 18.3. The van der Waals surface area contributed by atoms with E-state index in [1.54, 1.807) is 0 Å². The molecule has 0 radical (unpaired) electrons. The van der Waals surface area contributed by atoms with Gasteiger partial charge in [-0.15, -0.1) is 0 Å². The molecule has 0 saturated heterocycles. The predicted molar refractivity (Wildman–Crippen MR) is 255 cm³/mol. The van der Waals surface area contributed by atoms with Crippen molar-refractivity contribution in [1.82, 2.24) is 14.1 Å². The lowest BCUT2D eigenvalue weighted by Crippen LogP contribution is -2.60. The Morgan fingerprint density at radius 2 is 1.00 bits per heavy atom. The van der Waals surface area contributed by atoms with Crippen molar-refractivity contribution in [1.29, 1.82) is 0 Å². The summed E-state index contributed by atoms with van der Waals surface area (Å²) < 4.78 is 4.90. The average molecular weight is 778 g/mol. The first-order valence-electron chi connectivity index (χ1n) is 20.9. The highest BCUT2D eigenvalue weighted by Crippen LogP contribution is 2.45. The van der Waals surface area contributed by atoms with Gasteiger partial charge in [0.25, 0.3) is 6.71 Å². The maximum Gasteiger partial charge on any atom is 0.252 e. The largest absolute Gasteiger partial charge is 0.311 e. The molecule has 284 valence electrons. The summed E-state index contributed by atoms with van der Waals surface area (Å²) in [5, 5.41) is 2.47. The molecular formula is C55H36BN5. The lowest BCUT2D eigenvalue weighted by Gasteiger charge is -2.41. The van der Waals surface area contributed by atoms with E-state index < -0.39 is 0 Å². The van der Waals surface area contributed by atoms with Crippen LogP contribution >= 0.6 is 0 Å². The molecule has 11 aromatic rings. The Kier molecular flexibility index (Phi) is 7.33. The van der Waals surface area contributed by atoms with Gasteiger partial charge < -0.3 is 14.4 Å². The van der Waals surface area contributed by atoms with E-state index in [0.29, 0.717) is 0 Å². The van der Waals surface area contributed by atoms with Crippen LogP contribution in [0.2, 0.25) is 0 Å². The Balaban J connectivity index is 1.17. The van der Waals surface area contributed by atoms with Crippen LogP contribution in [-0.2, 0) is 0 Å². The number of aromatic nitrogens is 3. The maximum atomic E-state index is 5.44. The molecule has 2 aliphatic rings. The third-order valence-corrected chi connectivity index (χ3v) is 12.6. The highest BCUT2D eigenvalue weighted by molar-refractivity contribution is 7.00. The third-order valence-electron chi connectivity index (χ3n) is 12.6. The summed E-state index contributed by atoms with van der Waals surface area (Å²) in [7, 11) is 0. The predicted octanol–water partition coefficient (Wildman–Crippen LogP) is 11.9. The van der Waals surface area contributed by atoms with Gasteiger partial charge in [0.2, 0.25) is 0 Å². The first-order chi connectivity index (χ1) is 30.3. The molecule has 6 heteroatoms. The van der Waals surface area contributed by atoms with Crippen molar-refractivity contribution in [2.45, 2.75) is 0 Å². The minimum Gasteiger partial charge on any atom is -0.311 e. The quantitative estimate of drug-likeness (QED) is 0.158. The number of benzene rings is 9. The highest BCUT2D eigenvalue weighted by atomic mass is 15.2. The number of imidazole rings is 1. The fraction of sp³-hybridized carbons (Fsp3) is 0. The van der Waals surface area contributed by atoms with E-state index in [9.17, 15) is 0 Å². The standard InChI is InChI=1S/C55H36BN5/c1-5-18-37(19-6-1)55-57-47-29-17-28-46-54(47)61(55)52-36-42(60-48-30-15-13-26-43(48)44-27-14-16-31-49(44)60)35-51-53(52)56(46)45-33-32-41(34-50(45)59(51)40-24-11-4-12-25-40)58(38-20-7-2-8-21-38)39-22-9-3-10-23-39/h1-36H. The number of hydrogen-bond donors (Lipinski definition) is 0. The Morgan fingerprint density at radius 1 is 0.410 bits per heavy atom. The van der Waals surface area contributed by atoms with Crippen LogP contribution in [0.4, 0.5) is 34.1 Å². The van der Waals surface area contributed by atoms with Crippen molar-refractivity contribution in [3.63, 3.8) is 0 Å². The van der Waals surface area contributed by atoms with Crippen molar-refractivity contribution in [3.05, 3.63) is 218 Å². The third kappa shape index (κ3) is 5.00. The van der Waals surface area contributed by atoms with E-state index in [1.807, 2.05) is 0 Å². The molecular weight excluding hydrogens is 741 g/mol. The van der Waals surface area contributed by atoms with Gasteiger partial charge in [0.15, 0.2) is 0 Å². The second-order valence-corrected chi connectivity index (χ2v) is 16.0. The molecule has 0 spiro atoms. The van der Waals surface area contributed by atoms with Gasteiger partial charge in [0, 0.05) is 56.1 Å². The van der Waals surface area contributed by atoms with E-state index in [0.717, 1.165) is 67.9 Å². The van der Waals surface area contributed by atoms with Crippen molar-refractivity contribution in [3.8, 4) is 22.8 Å². The van der Waals surface area contributed by atoms with Crippen molar-refractivity contribution < 1.29 is 0 Å². The Hall–Kier alpha value is -8.09. The zero-order valence-electron chi connectivity index (χ0n) is 33.1. The molecule has 0 unspecified atom stereocenters. The Bertz CT molecular complexity index is 3390. The van der Waals surface area contributed by atoms with Crippen LogP contribution < -0.4 is 26.2 Å². The number of hydrogen-bond acceptors (Lipinski definition) is 3. The summed E-state index contributed by atoms with van der Waals surface area (Å²) in [6.45, 7) is -0.0420. The van der Waals surface area contributed by atoms with Crippen LogP contribution in [0.3, 0.4) is 0 Å². The van der Waals surface area contributed by atoms with Crippen LogP contribution in [0, 0.1) is 0 Å². The molecule has 2 aliphatic heterocycles. The van der Waals surface area contributed by atoms with E-state index in [-0.39, 0.29) is 6.71 Å². The molecule has 0 aliphatic carbocycles. The molecule has 61 heavy (non-hydrogen) atoms. The minimum atomic E-state index is -0.0420. The first-order valence-corrected chi connectivity index (χ1v) is 20.9. The van der Waals surface area contributed by atoms with Crippen molar-refractivity contribution in [2.24, 2.45) is 0 Å². The Morgan fingerprint density at radius 3 is 1.67 bits per heavy atom. The van der Waals surface area contributed by atoms with Gasteiger partial charge in [-0.1, -0.05) is 140 Å². The maximum absolute atomic E-state index is 5.44. The molecule has 4 heterocycles. The summed E-state index contributed by atoms with van der Waals surface area (Å²) in [6, 6.07) is 79.1. The molecule has 0 N–H and O–H groups in total. The van der Waals surface area contributed by atoms with Gasteiger partial charge in [0.1, 0.15) is 5.82 Å². The van der Waals surface area contributed by atoms with Crippen LogP contribution in [-0.4, -0.2) is 20.8 Å². The van der Waals surface area contributed by atoms with Gasteiger partial charge in [-0.05, 0) is 95.3 Å². The summed E-state index contributed by atoms with van der Waals surface area (Å²) >= 11 is 0. The van der Waals surface area contributed by atoms with Crippen LogP contribution in [0.1, 0.15) is 0 Å². The summed E-state index contributed by atoms with van der Waals surface area (Å²) in [4.78, 5) is 10.3. The molecule has 5 nitrogen and oxygen atoms in total. The van der Waals surface area contributed by atoms with Crippen LogP contribution in [0.15, 0.2) is 218 Å². The molecule has 0 bridgehead atoms. The molecule has 0 saturated carbocycles. The molecule has 2 aromatic heterocycles. The van der Waals surface area contributed by atoms with E-state index in [1.165, 1.54) is 38.2 Å². The summed E-state index contributed by atoms with van der Waals surface area (Å²) in [5.74, 6) is 0.942. The fourth-order valence-corrected chi connectivity index (χ4v) is 10.2. The van der Waals surface area contributed by atoms with Crippen molar-refractivity contribution >= 4 is 90.1 Å². The van der Waals surface area contributed by atoms with Gasteiger partial charge in [-0.3, -0.25) is 4.57 Å². The highest BCUT2D eigenvalue weighted by Gasteiger charge is 2.43. The second-order valence-electron chi connectivity index (χ2n) is 16.0. The number of para-hydroxylation sites is 6. The summed E-state index contributed by atoms with van der Waals surface area (Å²) in [6.07, 6.45) is 0. The van der Waals surface area contributed by atoms with Crippen LogP contribution in [0.5, 0.6) is 0 Å². The second kappa shape index (κ2) is 13.2. The van der Waals surface area contributed by atoms with E-state index in [2.05, 4.69) is 237 Å². The number of anilines is 6. The lowest BCUT2D eigenvalue weighted by atomic mass is 9.34. The van der Waals surface area contributed by atoms with Crippen molar-refractivity contribution in [2.75, 3.05) is 9.80 Å². The van der Waals surface area contributed by atoms with Gasteiger partial charge >= 0.3 is 0 Å². The zero-order chi connectivity index (χ0) is 40.0. The zero-order valence-corrected chi connectivity index (χ0v) is 33.1. The lowest BCUT2D eigenvalue weighted by molar-refractivity contribution is 1.09. The number of nitrogens with zero attached hydrogens (tertiary/aromatic N) is 5. The Labute approximate surface area is 353 Å². The first kappa shape index (κ1) is 33.8. The average Bonchev–Trinajstić information content (AvgIpc) is 3.89. The number of fused-ring (bicyclic) bond motifs is 7. The normalized spacial score (nSPS) is 12.5. The molecule has 0 fully saturated rings. The molecule has 13 rings (SSSR count). The molecule has 0 amide bonds. The minimum absolute atomic E-state index is 0.0420. The molecule has 9 aromatic carbocycles.